The van der Waals surface area contributed by atoms with E-state index in [1.54, 1.807) is 0 Å². The fourth-order valence-electron chi connectivity index (χ4n) is 2.19. The second kappa shape index (κ2) is 8.27. The number of hydrogen-bond acceptors (Lipinski definition) is 3. The number of rotatable bonds is 3. The van der Waals surface area contributed by atoms with Gasteiger partial charge in [-0.1, -0.05) is 30.0 Å². The molecule has 0 radical (unpaired) electrons. The fourth-order valence-corrected chi connectivity index (χ4v) is 3.12. The first-order valence-corrected chi connectivity index (χ1v) is 8.03. The maximum Gasteiger partial charge on any atom is 0.0540 e. The summed E-state index contributed by atoms with van der Waals surface area (Å²) in [5, 5.41) is 8.79. The predicted molar refractivity (Wildman–Crippen MR) is 82.2 cm³/mol. The summed E-state index contributed by atoms with van der Waals surface area (Å²) in [4.78, 5) is 2.52. The number of aliphatic hydroxyl groups is 1. The molecule has 0 aliphatic carbocycles. The van der Waals surface area contributed by atoms with E-state index in [1.165, 1.54) is 36.6 Å². The van der Waals surface area contributed by atoms with Gasteiger partial charge in [0, 0.05) is 30.8 Å². The molecule has 0 amide bonds. The van der Waals surface area contributed by atoms with Crippen LogP contribution in [0.5, 0.6) is 0 Å². The van der Waals surface area contributed by atoms with Crippen molar-refractivity contribution in [3.05, 3.63) is 35.4 Å². The molecule has 1 fully saturated rings. The van der Waals surface area contributed by atoms with E-state index in [0.29, 0.717) is 6.42 Å². The predicted octanol–water partition coefficient (Wildman–Crippen LogP) is 2.36. The normalized spacial score (nSPS) is 16.5. The monoisotopic (exact) mass is 275 g/mol. The largest absolute Gasteiger partial charge is 0.395 e. The van der Waals surface area contributed by atoms with E-state index in [-0.39, 0.29) is 6.61 Å². The van der Waals surface area contributed by atoms with Gasteiger partial charge in [0.1, 0.15) is 0 Å². The Labute approximate surface area is 120 Å². The van der Waals surface area contributed by atoms with Crippen LogP contribution in [-0.4, -0.2) is 41.2 Å². The van der Waals surface area contributed by atoms with Gasteiger partial charge in [-0.15, -0.1) is 0 Å². The molecule has 1 N–H and O–H groups in total. The van der Waals surface area contributed by atoms with Gasteiger partial charge in [0.15, 0.2) is 0 Å². The lowest BCUT2D eigenvalue weighted by Crippen LogP contribution is -2.25. The Balaban J connectivity index is 2.04. The van der Waals surface area contributed by atoms with Crippen LogP contribution < -0.4 is 0 Å². The molecule has 1 aromatic rings. The average Bonchev–Trinajstić information content (AvgIpc) is 2.70. The molecule has 102 valence electrons. The van der Waals surface area contributed by atoms with Crippen molar-refractivity contribution in [2.75, 3.05) is 31.2 Å². The third-order valence-corrected chi connectivity index (χ3v) is 4.23. The van der Waals surface area contributed by atoms with Crippen molar-refractivity contribution in [2.45, 2.75) is 19.4 Å². The summed E-state index contributed by atoms with van der Waals surface area (Å²) in [7, 11) is 0. The van der Waals surface area contributed by atoms with Crippen LogP contribution in [-0.2, 0) is 6.54 Å². The molecule has 0 atom stereocenters. The van der Waals surface area contributed by atoms with Crippen LogP contribution >= 0.6 is 11.8 Å². The van der Waals surface area contributed by atoms with Crippen molar-refractivity contribution in [1.29, 1.82) is 0 Å². The Morgan fingerprint density at radius 2 is 2.11 bits per heavy atom. The quantitative estimate of drug-likeness (QED) is 0.857. The molecule has 0 bridgehead atoms. The van der Waals surface area contributed by atoms with Crippen molar-refractivity contribution < 1.29 is 5.11 Å². The molecule has 3 heteroatoms. The summed E-state index contributed by atoms with van der Waals surface area (Å²) < 4.78 is 0. The maximum atomic E-state index is 8.79. The summed E-state index contributed by atoms with van der Waals surface area (Å²) in [6, 6.07) is 8.36. The molecular formula is C16H21NOS. The van der Waals surface area contributed by atoms with E-state index < -0.39 is 0 Å². The second-order valence-electron chi connectivity index (χ2n) is 4.67. The van der Waals surface area contributed by atoms with E-state index >= 15 is 0 Å². The van der Waals surface area contributed by atoms with Gasteiger partial charge < -0.3 is 5.11 Å². The zero-order chi connectivity index (χ0) is 13.3. The molecule has 2 nitrogen and oxygen atoms in total. The summed E-state index contributed by atoms with van der Waals surface area (Å²) in [5.74, 6) is 8.72. The molecule has 0 spiro atoms. The Morgan fingerprint density at radius 1 is 1.21 bits per heavy atom. The third kappa shape index (κ3) is 4.91. The molecule has 2 rings (SSSR count). The summed E-state index contributed by atoms with van der Waals surface area (Å²) in [6.07, 6.45) is 1.83. The molecule has 19 heavy (non-hydrogen) atoms. The Hall–Kier alpha value is -0.950. The van der Waals surface area contributed by atoms with Crippen LogP contribution in [0.15, 0.2) is 24.3 Å². The van der Waals surface area contributed by atoms with Gasteiger partial charge in [-0.3, -0.25) is 4.90 Å². The van der Waals surface area contributed by atoms with Crippen LogP contribution in [0.25, 0.3) is 0 Å². The first kappa shape index (κ1) is 14.5. The topological polar surface area (TPSA) is 23.5 Å². The summed E-state index contributed by atoms with van der Waals surface area (Å²) in [6.45, 7) is 3.48. The van der Waals surface area contributed by atoms with Gasteiger partial charge in [0.2, 0.25) is 0 Å². The number of nitrogens with zero attached hydrogens (tertiary/aromatic N) is 1. The minimum Gasteiger partial charge on any atom is -0.395 e. The maximum absolute atomic E-state index is 8.79. The average molecular weight is 275 g/mol. The zero-order valence-electron chi connectivity index (χ0n) is 11.3. The van der Waals surface area contributed by atoms with Crippen molar-refractivity contribution in [2.24, 2.45) is 0 Å². The Kier molecular flexibility index (Phi) is 6.29. The number of thioether (sulfide) groups is 1. The van der Waals surface area contributed by atoms with E-state index in [4.69, 9.17) is 5.11 Å². The molecule has 0 saturated carbocycles. The lowest BCUT2D eigenvalue weighted by Gasteiger charge is -2.20. The van der Waals surface area contributed by atoms with Crippen LogP contribution in [0.4, 0.5) is 0 Å². The highest BCUT2D eigenvalue weighted by Crippen LogP contribution is 2.15. The standard InChI is InChI=1S/C16H21NOS/c18-11-4-3-7-15-6-1-2-8-16(15)14-17-9-5-12-19-13-10-17/h1-2,6,8,18H,4-5,9-14H2. The highest BCUT2D eigenvalue weighted by molar-refractivity contribution is 7.99. The van der Waals surface area contributed by atoms with Gasteiger partial charge in [-0.25, -0.2) is 0 Å². The molecule has 1 aromatic carbocycles. The Bertz CT molecular complexity index is 442. The molecule has 0 aromatic heterocycles. The molecule has 1 aliphatic rings. The summed E-state index contributed by atoms with van der Waals surface area (Å²) >= 11 is 2.05. The molecule has 1 heterocycles. The molecule has 0 unspecified atom stereocenters. The van der Waals surface area contributed by atoms with Gasteiger partial charge in [-0.2, -0.15) is 11.8 Å². The number of aliphatic hydroxyl groups excluding tert-OH is 1. The molecule has 1 aliphatic heterocycles. The van der Waals surface area contributed by atoms with Gasteiger partial charge in [0.25, 0.3) is 0 Å². The highest BCUT2D eigenvalue weighted by Gasteiger charge is 2.10. The molecular weight excluding hydrogens is 254 g/mol. The van der Waals surface area contributed by atoms with E-state index in [0.717, 1.165) is 12.1 Å². The minimum absolute atomic E-state index is 0.137. The lowest BCUT2D eigenvalue weighted by atomic mass is 10.1. The molecule has 1 saturated heterocycles. The highest BCUT2D eigenvalue weighted by atomic mass is 32.2. The van der Waals surface area contributed by atoms with Gasteiger partial charge in [-0.05, 0) is 30.3 Å². The number of benzene rings is 1. The van der Waals surface area contributed by atoms with E-state index in [9.17, 15) is 0 Å². The van der Waals surface area contributed by atoms with Gasteiger partial charge >= 0.3 is 0 Å². The van der Waals surface area contributed by atoms with Crippen LogP contribution in [0.3, 0.4) is 0 Å². The first-order chi connectivity index (χ1) is 9.40. The van der Waals surface area contributed by atoms with Gasteiger partial charge in [0.05, 0.1) is 6.61 Å². The SMILES string of the molecule is OCCC#Cc1ccccc1CN1CCCSCC1. The minimum atomic E-state index is 0.137. The number of hydrogen-bond donors (Lipinski definition) is 1. The summed E-state index contributed by atoms with van der Waals surface area (Å²) in [5.41, 5.74) is 2.41. The smallest absolute Gasteiger partial charge is 0.0540 e. The second-order valence-corrected chi connectivity index (χ2v) is 5.90. The first-order valence-electron chi connectivity index (χ1n) is 6.88. The lowest BCUT2D eigenvalue weighted by molar-refractivity contribution is 0.287. The Morgan fingerprint density at radius 3 is 3.00 bits per heavy atom. The van der Waals surface area contributed by atoms with Crippen molar-refractivity contribution in [3.8, 4) is 11.8 Å². The van der Waals surface area contributed by atoms with Crippen molar-refractivity contribution in [1.82, 2.24) is 4.90 Å². The van der Waals surface area contributed by atoms with Crippen LogP contribution in [0.1, 0.15) is 24.0 Å². The van der Waals surface area contributed by atoms with Crippen LogP contribution in [0.2, 0.25) is 0 Å². The van der Waals surface area contributed by atoms with E-state index in [2.05, 4.69) is 46.7 Å². The van der Waals surface area contributed by atoms with Crippen molar-refractivity contribution in [3.63, 3.8) is 0 Å². The third-order valence-electron chi connectivity index (χ3n) is 3.19. The van der Waals surface area contributed by atoms with E-state index in [1.807, 2.05) is 6.07 Å². The zero-order valence-corrected chi connectivity index (χ0v) is 12.1. The fraction of sp³-hybridized carbons (Fsp3) is 0.500. The van der Waals surface area contributed by atoms with Crippen LogP contribution in [0, 0.1) is 11.8 Å². The van der Waals surface area contributed by atoms with Crippen molar-refractivity contribution >= 4 is 11.8 Å².